The maximum absolute atomic E-state index is 14.5. The average molecular weight is 326 g/mol. The van der Waals surface area contributed by atoms with E-state index < -0.39 is 5.82 Å². The predicted octanol–water partition coefficient (Wildman–Crippen LogP) is 2.23. The van der Waals surface area contributed by atoms with Crippen LogP contribution >= 0.6 is 0 Å². The first-order valence-electron chi connectivity index (χ1n) is 6.77. The van der Waals surface area contributed by atoms with Gasteiger partial charge in [-0.05, 0) is 18.2 Å². The quantitative estimate of drug-likeness (QED) is 0.559. The van der Waals surface area contributed by atoms with Crippen LogP contribution in [0.4, 0.5) is 10.2 Å². The third-order valence-electron chi connectivity index (χ3n) is 3.32. The number of halogens is 1. The number of benzene rings is 1. The van der Waals surface area contributed by atoms with E-state index in [2.05, 4.69) is 25.4 Å². The Labute approximate surface area is 135 Å². The fraction of sp³-hybridized carbons (Fsp3) is 0.0667. The number of nitrogens with one attached hydrogen (secondary N) is 1. The van der Waals surface area contributed by atoms with Gasteiger partial charge in [-0.1, -0.05) is 0 Å². The molecular formula is C15H11FN6O2. The van der Waals surface area contributed by atoms with Gasteiger partial charge in [-0.25, -0.2) is 14.6 Å². The molecule has 24 heavy (non-hydrogen) atoms. The van der Waals surface area contributed by atoms with E-state index in [0.717, 1.165) is 6.07 Å². The number of hydrogen-bond acceptors (Lipinski definition) is 7. The molecule has 0 atom stereocenters. The molecule has 0 aliphatic carbocycles. The number of nitrogens with zero attached hydrogens (tertiary/aromatic N) is 5. The fourth-order valence-electron chi connectivity index (χ4n) is 2.14. The molecule has 2 aromatic heterocycles. The molecule has 0 amide bonds. The Bertz CT molecular complexity index is 917. The van der Waals surface area contributed by atoms with Crippen molar-refractivity contribution in [3.05, 3.63) is 48.3 Å². The highest BCUT2D eigenvalue weighted by atomic mass is 19.1. The molecule has 0 saturated carbocycles. The van der Waals surface area contributed by atoms with Crippen molar-refractivity contribution in [1.82, 2.24) is 19.7 Å². The molecule has 2 heterocycles. The van der Waals surface area contributed by atoms with Gasteiger partial charge in [0.25, 0.3) is 0 Å². The summed E-state index contributed by atoms with van der Waals surface area (Å²) in [5, 5.41) is 28.6. The van der Waals surface area contributed by atoms with Gasteiger partial charge >= 0.3 is 0 Å². The minimum atomic E-state index is -0.604. The molecule has 120 valence electrons. The van der Waals surface area contributed by atoms with Crippen molar-refractivity contribution in [2.45, 2.75) is 0 Å². The van der Waals surface area contributed by atoms with Crippen LogP contribution in [0.15, 0.2) is 36.8 Å². The van der Waals surface area contributed by atoms with E-state index in [1.54, 1.807) is 19.2 Å². The molecule has 0 aliphatic rings. The van der Waals surface area contributed by atoms with Crippen LogP contribution in [-0.4, -0.2) is 32.1 Å². The van der Waals surface area contributed by atoms with Crippen molar-refractivity contribution >= 4 is 5.82 Å². The lowest BCUT2D eigenvalue weighted by Gasteiger charge is -2.10. The summed E-state index contributed by atoms with van der Waals surface area (Å²) >= 11 is 0. The lowest BCUT2D eigenvalue weighted by Crippen LogP contribution is -2.00. The van der Waals surface area contributed by atoms with E-state index in [4.69, 9.17) is 10.5 Å². The van der Waals surface area contributed by atoms with E-state index in [9.17, 15) is 4.39 Å². The molecule has 3 aromatic rings. The summed E-state index contributed by atoms with van der Waals surface area (Å²) in [5.41, 5.74) is 0.761. The van der Waals surface area contributed by atoms with Crippen molar-refractivity contribution < 1.29 is 14.5 Å². The van der Waals surface area contributed by atoms with Crippen molar-refractivity contribution in [2.24, 2.45) is 0 Å². The molecule has 0 saturated heterocycles. The minimum Gasteiger partial charge on any atom is -0.372 e. The number of rotatable bonds is 4. The van der Waals surface area contributed by atoms with Crippen LogP contribution in [0.25, 0.3) is 16.9 Å². The van der Waals surface area contributed by atoms with Crippen molar-refractivity contribution in [3.8, 4) is 28.8 Å². The first-order chi connectivity index (χ1) is 11.7. The molecule has 3 rings (SSSR count). The molecule has 0 unspecified atom stereocenters. The molecule has 2 N–H and O–H groups in total. The molecule has 0 bridgehead atoms. The van der Waals surface area contributed by atoms with Crippen LogP contribution in [0, 0.1) is 17.1 Å². The Balaban J connectivity index is 2.08. The fourth-order valence-corrected chi connectivity index (χ4v) is 2.14. The first kappa shape index (κ1) is 15.4. The minimum absolute atomic E-state index is 0.00915. The second-order valence-electron chi connectivity index (χ2n) is 4.72. The topological polar surface area (TPSA) is 109 Å². The number of hydrogen-bond donors (Lipinski definition) is 2. The number of nitriles is 1. The monoisotopic (exact) mass is 326 g/mol. The molecular weight excluding hydrogens is 315 g/mol. The lowest BCUT2D eigenvalue weighted by molar-refractivity contribution is -0.137. The van der Waals surface area contributed by atoms with Gasteiger partial charge in [-0.2, -0.15) is 5.26 Å². The Morgan fingerprint density at radius 2 is 2.17 bits per heavy atom. The summed E-state index contributed by atoms with van der Waals surface area (Å²) in [7, 11) is 1.70. The second kappa shape index (κ2) is 6.31. The van der Waals surface area contributed by atoms with Crippen LogP contribution in [-0.2, 0) is 0 Å². The maximum atomic E-state index is 14.5. The summed E-state index contributed by atoms with van der Waals surface area (Å²) in [6.45, 7) is 0. The van der Waals surface area contributed by atoms with Gasteiger partial charge in [0, 0.05) is 19.3 Å². The molecule has 0 aliphatic heterocycles. The molecule has 9 heteroatoms. The maximum Gasteiger partial charge on any atom is 0.176 e. The van der Waals surface area contributed by atoms with Gasteiger partial charge < -0.3 is 14.8 Å². The van der Waals surface area contributed by atoms with Gasteiger partial charge in [-0.15, -0.1) is 10.2 Å². The zero-order chi connectivity index (χ0) is 17.1. The summed E-state index contributed by atoms with van der Waals surface area (Å²) in [6, 6.07) is 7.56. The largest absolute Gasteiger partial charge is 0.372 e. The third kappa shape index (κ3) is 2.73. The number of aromatic nitrogens is 4. The standard InChI is InChI=1S/C15H11FN6O2/c1-18-15-3-2-12(20-21-15)10-4-11(16)13(5-14(10)24-23)22-7-9(6-17)19-8-22/h2-5,7-8,23H,1H3,(H,18,21). The normalized spacial score (nSPS) is 10.2. The van der Waals surface area contributed by atoms with Crippen molar-refractivity contribution in [3.63, 3.8) is 0 Å². The summed E-state index contributed by atoms with van der Waals surface area (Å²) in [5.74, 6) is -0.0675. The zero-order valence-corrected chi connectivity index (χ0v) is 12.4. The molecule has 0 spiro atoms. The van der Waals surface area contributed by atoms with Crippen LogP contribution in [0.3, 0.4) is 0 Å². The van der Waals surface area contributed by atoms with Gasteiger partial charge in [0.05, 0.1) is 16.9 Å². The van der Waals surface area contributed by atoms with Crippen LogP contribution < -0.4 is 10.2 Å². The van der Waals surface area contributed by atoms with E-state index in [0.29, 0.717) is 11.5 Å². The Morgan fingerprint density at radius 1 is 1.33 bits per heavy atom. The summed E-state index contributed by atoms with van der Waals surface area (Å²) in [6.07, 6.45) is 2.65. The molecule has 0 fully saturated rings. The van der Waals surface area contributed by atoms with Crippen LogP contribution in [0.5, 0.6) is 5.75 Å². The summed E-state index contributed by atoms with van der Waals surface area (Å²) in [4.78, 5) is 8.17. The predicted molar refractivity (Wildman–Crippen MR) is 82.1 cm³/mol. The highest BCUT2D eigenvalue weighted by Crippen LogP contribution is 2.32. The van der Waals surface area contributed by atoms with Crippen LogP contribution in [0.2, 0.25) is 0 Å². The Morgan fingerprint density at radius 3 is 2.75 bits per heavy atom. The second-order valence-corrected chi connectivity index (χ2v) is 4.72. The smallest absolute Gasteiger partial charge is 0.176 e. The Kier molecular flexibility index (Phi) is 4.05. The third-order valence-corrected chi connectivity index (χ3v) is 3.32. The highest BCUT2D eigenvalue weighted by molar-refractivity contribution is 5.69. The number of imidazole rings is 1. The van der Waals surface area contributed by atoms with Gasteiger partial charge in [0.15, 0.2) is 11.4 Å². The van der Waals surface area contributed by atoms with E-state index in [-0.39, 0.29) is 22.7 Å². The van der Waals surface area contributed by atoms with Gasteiger partial charge in [0.1, 0.15) is 24.0 Å². The molecule has 1 aromatic carbocycles. The van der Waals surface area contributed by atoms with E-state index >= 15 is 0 Å². The van der Waals surface area contributed by atoms with E-state index in [1.165, 1.54) is 23.2 Å². The Hall–Kier alpha value is -3.51. The van der Waals surface area contributed by atoms with Gasteiger partial charge in [-0.3, -0.25) is 0 Å². The summed E-state index contributed by atoms with van der Waals surface area (Å²) < 4.78 is 15.8. The number of anilines is 1. The lowest BCUT2D eigenvalue weighted by atomic mass is 10.1. The SMILES string of the molecule is CNc1ccc(-c2cc(F)c(-n3cnc(C#N)c3)cc2OO)nn1. The van der Waals surface area contributed by atoms with Crippen molar-refractivity contribution in [1.29, 1.82) is 5.26 Å². The highest BCUT2D eigenvalue weighted by Gasteiger charge is 2.16. The van der Waals surface area contributed by atoms with Gasteiger partial charge in [0.2, 0.25) is 0 Å². The molecule has 0 radical (unpaired) electrons. The van der Waals surface area contributed by atoms with Crippen LogP contribution in [0.1, 0.15) is 5.69 Å². The average Bonchev–Trinajstić information content (AvgIpc) is 3.10. The zero-order valence-electron chi connectivity index (χ0n) is 12.4. The first-order valence-corrected chi connectivity index (χ1v) is 6.77. The van der Waals surface area contributed by atoms with E-state index in [1.807, 2.05) is 6.07 Å². The molecule has 8 nitrogen and oxygen atoms in total. The van der Waals surface area contributed by atoms with Crippen molar-refractivity contribution in [2.75, 3.05) is 12.4 Å².